The normalized spacial score (nSPS) is 20.5. The molecule has 12 heteroatoms. The standard InChI is InChI=1S/C41H44N4O8/c1-9-23-20(2)29-17-34-27-13-10-26(39(49)52-7)38(40(50)53-8)41(27,5)35(45-34)19-30-22(4)25(12-15-37(48)51-6)33(44-30)18-32-24(11-14-36(46)47)21(3)28(43-32)16-31(23)42-29/h9-10,13,16-19,21,24,38,42,44H,1,11-12,14-15H2,2-8H3,(H,46,47)/t21?,24?,38-,41+/m1/s1. The summed E-state index contributed by atoms with van der Waals surface area (Å²) in [5, 5.41) is 9.63. The number of hydrogen-bond donors (Lipinski definition) is 3. The fraction of sp³-hybridized carbons (Fsp3) is 0.366. The number of allylic oxidation sites excluding steroid dienone is 3. The van der Waals surface area contributed by atoms with E-state index in [4.69, 9.17) is 24.2 Å². The van der Waals surface area contributed by atoms with E-state index in [1.165, 1.54) is 21.3 Å². The Balaban J connectivity index is 1.76. The summed E-state index contributed by atoms with van der Waals surface area (Å²) in [6, 6.07) is 7.73. The maximum Gasteiger partial charge on any atom is 0.334 e. The van der Waals surface area contributed by atoms with Crippen LogP contribution in [0.5, 0.6) is 0 Å². The van der Waals surface area contributed by atoms with Gasteiger partial charge in [-0.3, -0.25) is 24.4 Å². The van der Waals surface area contributed by atoms with Crippen LogP contribution in [0.1, 0.15) is 90.0 Å². The highest BCUT2D eigenvalue weighted by Crippen LogP contribution is 2.52. The quantitative estimate of drug-likeness (QED) is 0.160. The van der Waals surface area contributed by atoms with Gasteiger partial charge in [-0.25, -0.2) is 4.79 Å². The van der Waals surface area contributed by atoms with E-state index in [1.54, 1.807) is 12.2 Å². The van der Waals surface area contributed by atoms with E-state index >= 15 is 0 Å². The van der Waals surface area contributed by atoms with Gasteiger partial charge in [-0.15, -0.1) is 0 Å². The third kappa shape index (κ3) is 6.36. The van der Waals surface area contributed by atoms with Crippen molar-refractivity contribution in [2.45, 2.75) is 70.6 Å². The molecule has 4 atom stereocenters. The van der Waals surface area contributed by atoms with Gasteiger partial charge in [0.1, 0.15) is 5.92 Å². The first-order valence-electron chi connectivity index (χ1n) is 17.5. The summed E-state index contributed by atoms with van der Waals surface area (Å²) in [6.45, 7) is 11.9. The summed E-state index contributed by atoms with van der Waals surface area (Å²) in [5.74, 6) is -3.89. The maximum absolute atomic E-state index is 13.7. The van der Waals surface area contributed by atoms with Crippen LogP contribution >= 0.6 is 0 Å². The van der Waals surface area contributed by atoms with E-state index in [-0.39, 0.29) is 36.2 Å². The number of aryl methyl sites for hydroxylation is 3. The number of aromatic nitrogens is 4. The Morgan fingerprint density at radius 1 is 0.887 bits per heavy atom. The Morgan fingerprint density at radius 3 is 2.25 bits per heavy atom. The lowest BCUT2D eigenvalue weighted by atomic mass is 9.64. The van der Waals surface area contributed by atoms with Crippen molar-refractivity contribution in [1.29, 1.82) is 0 Å². The van der Waals surface area contributed by atoms with Crippen LogP contribution in [0.15, 0.2) is 48.6 Å². The number of aromatic amines is 2. The Kier molecular flexibility index (Phi) is 10.0. The van der Waals surface area contributed by atoms with Crippen LogP contribution in [0, 0.1) is 19.8 Å². The summed E-state index contributed by atoms with van der Waals surface area (Å²) in [7, 11) is 3.90. The molecule has 2 unspecified atom stereocenters. The number of carbonyl (C=O) groups excluding carboxylic acids is 3. The molecule has 1 aliphatic carbocycles. The largest absolute Gasteiger partial charge is 0.481 e. The van der Waals surface area contributed by atoms with Gasteiger partial charge >= 0.3 is 23.9 Å². The van der Waals surface area contributed by atoms with Gasteiger partial charge in [0.05, 0.1) is 43.7 Å². The minimum atomic E-state index is -1.16. The average molecular weight is 721 g/mol. The monoisotopic (exact) mass is 720 g/mol. The highest BCUT2D eigenvalue weighted by molar-refractivity contribution is 6.01. The van der Waals surface area contributed by atoms with Crippen LogP contribution in [0.4, 0.5) is 0 Å². The molecule has 12 nitrogen and oxygen atoms in total. The molecule has 3 aromatic rings. The number of ether oxygens (including phenoxy) is 3. The number of carboxylic acids is 1. The van der Waals surface area contributed by atoms with E-state index in [0.29, 0.717) is 40.8 Å². The molecule has 3 aliphatic rings. The number of fused-ring (bicyclic) bond motifs is 11. The second-order valence-electron chi connectivity index (χ2n) is 13.9. The molecule has 5 heterocycles. The van der Waals surface area contributed by atoms with E-state index in [9.17, 15) is 24.3 Å². The van der Waals surface area contributed by atoms with E-state index < -0.39 is 29.2 Å². The van der Waals surface area contributed by atoms with Crippen LogP contribution in [0.2, 0.25) is 0 Å². The number of nitrogens with zero attached hydrogens (tertiary/aromatic N) is 2. The van der Waals surface area contributed by atoms with Crippen molar-refractivity contribution >= 4 is 57.6 Å². The number of H-pyrrole nitrogens is 2. The molecule has 0 fully saturated rings. The molecule has 0 saturated carbocycles. The number of carboxylic acid groups (broad SMARTS) is 1. The third-order valence-corrected chi connectivity index (χ3v) is 11.1. The maximum atomic E-state index is 13.7. The molecule has 0 spiro atoms. The highest BCUT2D eigenvalue weighted by Gasteiger charge is 2.53. The molecule has 2 aliphatic heterocycles. The molecular weight excluding hydrogens is 676 g/mol. The minimum absolute atomic E-state index is 0.0258. The van der Waals surface area contributed by atoms with Gasteiger partial charge in [-0.1, -0.05) is 31.7 Å². The Labute approximate surface area is 307 Å². The molecule has 3 aromatic heterocycles. The SMILES string of the molecule is C=Cc1c(C)c2cc3nc(cc4[nH]c(cc5nc(cc1[nH]2)C(C)C5CCC(=O)O)c(CCC(=O)OC)c4C)[C@]1(C)C3=CC=C(C(=O)OC)[C@@H]1C(=O)OC. The van der Waals surface area contributed by atoms with Crippen molar-refractivity contribution < 1.29 is 38.5 Å². The molecular formula is C41H44N4O8. The van der Waals surface area contributed by atoms with Crippen LogP contribution in [0.25, 0.3) is 33.7 Å². The van der Waals surface area contributed by atoms with Gasteiger partial charge in [0, 0.05) is 63.7 Å². The predicted molar refractivity (Wildman–Crippen MR) is 200 cm³/mol. The molecule has 0 amide bonds. The number of nitrogens with one attached hydrogen (secondary N) is 2. The van der Waals surface area contributed by atoms with Crippen LogP contribution in [-0.2, 0) is 45.2 Å². The molecule has 3 N–H and O–H groups in total. The zero-order chi connectivity index (χ0) is 38.4. The van der Waals surface area contributed by atoms with Crippen LogP contribution in [-0.4, -0.2) is 70.2 Å². The van der Waals surface area contributed by atoms with Gasteiger partial charge in [0.2, 0.25) is 0 Å². The molecule has 0 saturated heterocycles. The van der Waals surface area contributed by atoms with Crippen molar-refractivity contribution in [3.05, 3.63) is 93.6 Å². The topological polar surface area (TPSA) is 174 Å². The number of hydrogen-bond acceptors (Lipinski definition) is 9. The second kappa shape index (κ2) is 14.3. The number of rotatable bonds is 9. The fourth-order valence-corrected chi connectivity index (χ4v) is 8.05. The highest BCUT2D eigenvalue weighted by atomic mass is 16.5. The molecule has 6 rings (SSSR count). The minimum Gasteiger partial charge on any atom is -0.481 e. The van der Waals surface area contributed by atoms with E-state index in [0.717, 1.165) is 44.7 Å². The number of carbonyl (C=O) groups is 4. The lowest BCUT2D eigenvalue weighted by molar-refractivity contribution is -0.149. The summed E-state index contributed by atoms with van der Waals surface area (Å²) >= 11 is 0. The smallest absolute Gasteiger partial charge is 0.334 e. The molecule has 0 aromatic carbocycles. The predicted octanol–water partition coefficient (Wildman–Crippen LogP) is 6.68. The average Bonchev–Trinajstić information content (AvgIpc) is 3.79. The van der Waals surface area contributed by atoms with Gasteiger partial charge < -0.3 is 29.3 Å². The molecule has 53 heavy (non-hydrogen) atoms. The lowest BCUT2D eigenvalue weighted by Gasteiger charge is -2.36. The number of aliphatic carboxylic acids is 1. The second-order valence-corrected chi connectivity index (χ2v) is 13.9. The van der Waals surface area contributed by atoms with Crippen molar-refractivity contribution in [2.75, 3.05) is 21.3 Å². The number of esters is 3. The zero-order valence-electron chi connectivity index (χ0n) is 31.0. The van der Waals surface area contributed by atoms with E-state index in [1.807, 2.05) is 51.1 Å². The Bertz CT molecular complexity index is 2290. The fourth-order valence-electron chi connectivity index (χ4n) is 8.05. The summed E-state index contributed by atoms with van der Waals surface area (Å²) in [6.07, 6.45) is 6.02. The first-order chi connectivity index (χ1) is 25.3. The van der Waals surface area contributed by atoms with Gasteiger partial charge in [-0.2, -0.15) is 0 Å². The van der Waals surface area contributed by atoms with Crippen LogP contribution < -0.4 is 0 Å². The first-order valence-corrected chi connectivity index (χ1v) is 17.5. The Morgan fingerprint density at radius 2 is 1.58 bits per heavy atom. The van der Waals surface area contributed by atoms with Crippen molar-refractivity contribution in [2.24, 2.45) is 5.92 Å². The van der Waals surface area contributed by atoms with Gasteiger partial charge in [0.25, 0.3) is 0 Å². The summed E-state index contributed by atoms with van der Waals surface area (Å²) in [5.41, 5.74) is 8.74. The molecule has 276 valence electrons. The van der Waals surface area contributed by atoms with E-state index in [2.05, 4.69) is 23.5 Å². The summed E-state index contributed by atoms with van der Waals surface area (Å²) in [4.78, 5) is 68.3. The molecule has 8 bridgehead atoms. The summed E-state index contributed by atoms with van der Waals surface area (Å²) < 4.78 is 15.4. The van der Waals surface area contributed by atoms with Crippen LogP contribution in [0.3, 0.4) is 0 Å². The van der Waals surface area contributed by atoms with Crippen molar-refractivity contribution in [1.82, 2.24) is 19.9 Å². The van der Waals surface area contributed by atoms with Gasteiger partial charge in [0.15, 0.2) is 0 Å². The van der Waals surface area contributed by atoms with Crippen molar-refractivity contribution in [3.8, 4) is 0 Å². The Hall–Kier alpha value is -5.78. The van der Waals surface area contributed by atoms with Gasteiger partial charge in [-0.05, 0) is 80.1 Å². The lowest BCUT2D eigenvalue weighted by Crippen LogP contribution is -2.42. The first kappa shape index (κ1) is 37.0. The molecule has 0 radical (unpaired) electrons. The third-order valence-electron chi connectivity index (χ3n) is 11.1. The zero-order valence-corrected chi connectivity index (χ0v) is 31.0. The number of methoxy groups -OCH3 is 3. The van der Waals surface area contributed by atoms with Crippen molar-refractivity contribution in [3.63, 3.8) is 0 Å².